The van der Waals surface area contributed by atoms with Gasteiger partial charge in [0.15, 0.2) is 0 Å². The highest BCUT2D eigenvalue weighted by Gasteiger charge is 2.13. The molecule has 0 aliphatic heterocycles. The highest BCUT2D eigenvalue weighted by atomic mass is 32.2. The van der Waals surface area contributed by atoms with Gasteiger partial charge < -0.3 is 0 Å². The van der Waals surface area contributed by atoms with Gasteiger partial charge >= 0.3 is 0 Å². The molecule has 1 aromatic heterocycles. The zero-order valence-corrected chi connectivity index (χ0v) is 11.3. The fourth-order valence-electron chi connectivity index (χ4n) is 1.74. The van der Waals surface area contributed by atoms with E-state index in [9.17, 15) is 0 Å². The Bertz CT molecular complexity index is 499. The fraction of sp³-hybridized carbons (Fsp3) is 0.417. The summed E-state index contributed by atoms with van der Waals surface area (Å²) >= 11 is 1.67. The van der Waals surface area contributed by atoms with Crippen molar-refractivity contribution in [2.24, 2.45) is 0 Å². The third kappa shape index (κ3) is 2.49. The highest BCUT2D eigenvalue weighted by molar-refractivity contribution is 7.99. The minimum atomic E-state index is 0.462. The maximum absolute atomic E-state index is 4.10. The van der Waals surface area contributed by atoms with E-state index in [0.29, 0.717) is 5.25 Å². The normalized spacial score (nSPS) is 11.1. The Hall–Kier alpha value is -1.36. The number of hydrogen-bond donors (Lipinski definition) is 0. The molecule has 0 saturated heterocycles. The van der Waals surface area contributed by atoms with Gasteiger partial charge in [0.1, 0.15) is 0 Å². The van der Waals surface area contributed by atoms with Crippen LogP contribution in [0.3, 0.4) is 0 Å². The number of nitrogens with zero attached hydrogens (tertiary/aromatic N) is 4. The molecule has 0 amide bonds. The summed E-state index contributed by atoms with van der Waals surface area (Å²) in [5.74, 6) is 0. The minimum absolute atomic E-state index is 0.462. The monoisotopic (exact) mass is 248 g/mol. The summed E-state index contributed by atoms with van der Waals surface area (Å²) in [4.78, 5) is 0. The summed E-state index contributed by atoms with van der Waals surface area (Å²) in [7, 11) is 0. The molecular formula is C12H16N4S. The van der Waals surface area contributed by atoms with Crippen LogP contribution in [-0.2, 0) is 0 Å². The van der Waals surface area contributed by atoms with Gasteiger partial charge in [-0.15, -0.1) is 5.10 Å². The summed E-state index contributed by atoms with van der Waals surface area (Å²) in [6.45, 7) is 8.42. The molecule has 2 aromatic rings. The summed E-state index contributed by atoms with van der Waals surface area (Å²) in [5.41, 5.74) is 3.45. The second-order valence-electron chi connectivity index (χ2n) is 4.28. The standard InChI is InChI=1S/C12H16N4S/c1-8(2)17-12-13-14-15-16(12)11-9(3)6-5-7-10(11)4/h5-8H,1-4H3. The van der Waals surface area contributed by atoms with Gasteiger partial charge in [0.05, 0.1) is 5.69 Å². The lowest BCUT2D eigenvalue weighted by Crippen LogP contribution is -2.05. The van der Waals surface area contributed by atoms with Gasteiger partial charge in [-0.2, -0.15) is 4.68 Å². The van der Waals surface area contributed by atoms with E-state index in [-0.39, 0.29) is 0 Å². The number of thioether (sulfide) groups is 1. The van der Waals surface area contributed by atoms with Crippen LogP contribution in [0, 0.1) is 13.8 Å². The van der Waals surface area contributed by atoms with E-state index in [1.165, 1.54) is 11.1 Å². The molecule has 0 N–H and O–H groups in total. The first kappa shape index (κ1) is 12.1. The van der Waals surface area contributed by atoms with Crippen LogP contribution in [-0.4, -0.2) is 25.5 Å². The Morgan fingerprint density at radius 1 is 1.18 bits per heavy atom. The molecule has 1 heterocycles. The lowest BCUT2D eigenvalue weighted by Gasteiger charge is -2.11. The number of rotatable bonds is 3. The molecule has 0 unspecified atom stereocenters. The van der Waals surface area contributed by atoms with E-state index in [1.54, 1.807) is 11.8 Å². The van der Waals surface area contributed by atoms with Gasteiger partial charge in [-0.1, -0.05) is 43.8 Å². The second-order valence-corrected chi connectivity index (χ2v) is 5.82. The van der Waals surface area contributed by atoms with E-state index in [2.05, 4.69) is 55.4 Å². The number of hydrogen-bond acceptors (Lipinski definition) is 4. The maximum atomic E-state index is 4.10. The van der Waals surface area contributed by atoms with Crippen LogP contribution in [0.5, 0.6) is 0 Å². The fourth-order valence-corrected chi connectivity index (χ4v) is 2.48. The third-order valence-electron chi connectivity index (χ3n) is 2.43. The van der Waals surface area contributed by atoms with Crippen molar-refractivity contribution >= 4 is 11.8 Å². The van der Waals surface area contributed by atoms with Gasteiger partial charge in [0.2, 0.25) is 5.16 Å². The SMILES string of the molecule is Cc1cccc(C)c1-n1nnnc1SC(C)C. The van der Waals surface area contributed by atoms with Gasteiger partial charge in [-0.3, -0.25) is 0 Å². The Morgan fingerprint density at radius 3 is 2.41 bits per heavy atom. The number of para-hydroxylation sites is 1. The van der Waals surface area contributed by atoms with E-state index in [1.807, 2.05) is 10.7 Å². The molecule has 0 atom stereocenters. The topological polar surface area (TPSA) is 43.6 Å². The number of aromatic nitrogens is 4. The van der Waals surface area contributed by atoms with Gasteiger partial charge in [-0.25, -0.2) is 0 Å². The Balaban J connectivity index is 2.50. The average molecular weight is 248 g/mol. The maximum Gasteiger partial charge on any atom is 0.214 e. The first-order valence-electron chi connectivity index (χ1n) is 5.61. The van der Waals surface area contributed by atoms with Crippen molar-refractivity contribution in [3.05, 3.63) is 29.3 Å². The lowest BCUT2D eigenvalue weighted by molar-refractivity contribution is 0.746. The summed E-state index contributed by atoms with van der Waals surface area (Å²) in [5, 5.41) is 13.3. The number of tetrazole rings is 1. The van der Waals surface area contributed by atoms with Crippen LogP contribution in [0.25, 0.3) is 5.69 Å². The molecule has 5 heteroatoms. The molecule has 4 nitrogen and oxygen atoms in total. The molecule has 0 spiro atoms. The zero-order valence-electron chi connectivity index (χ0n) is 10.5. The molecule has 0 aliphatic rings. The van der Waals surface area contributed by atoms with Crippen LogP contribution in [0.4, 0.5) is 0 Å². The lowest BCUT2D eigenvalue weighted by atomic mass is 10.1. The Morgan fingerprint density at radius 2 is 1.82 bits per heavy atom. The van der Waals surface area contributed by atoms with E-state index in [0.717, 1.165) is 10.8 Å². The first-order valence-corrected chi connectivity index (χ1v) is 6.49. The van der Waals surface area contributed by atoms with Crippen molar-refractivity contribution in [2.45, 2.75) is 38.1 Å². The van der Waals surface area contributed by atoms with Crippen molar-refractivity contribution in [2.75, 3.05) is 0 Å². The Kier molecular flexibility index (Phi) is 3.47. The largest absolute Gasteiger partial charge is 0.214 e. The second kappa shape index (κ2) is 4.87. The van der Waals surface area contributed by atoms with Crippen molar-refractivity contribution < 1.29 is 0 Å². The van der Waals surface area contributed by atoms with Crippen LogP contribution < -0.4 is 0 Å². The highest BCUT2D eigenvalue weighted by Crippen LogP contribution is 2.25. The third-order valence-corrected chi connectivity index (χ3v) is 3.37. The molecule has 17 heavy (non-hydrogen) atoms. The van der Waals surface area contributed by atoms with Crippen molar-refractivity contribution in [3.8, 4) is 5.69 Å². The van der Waals surface area contributed by atoms with E-state index >= 15 is 0 Å². The van der Waals surface area contributed by atoms with Gasteiger partial charge in [-0.05, 0) is 35.4 Å². The smallest absolute Gasteiger partial charge is 0.187 e. The quantitative estimate of drug-likeness (QED) is 0.783. The molecule has 0 bridgehead atoms. The predicted molar refractivity (Wildman–Crippen MR) is 69.6 cm³/mol. The van der Waals surface area contributed by atoms with Crippen LogP contribution in [0.2, 0.25) is 0 Å². The molecule has 0 fully saturated rings. The molecular weight excluding hydrogens is 232 g/mol. The van der Waals surface area contributed by atoms with Crippen LogP contribution in [0.1, 0.15) is 25.0 Å². The number of benzene rings is 1. The molecule has 2 rings (SSSR count). The van der Waals surface area contributed by atoms with Gasteiger partial charge in [0, 0.05) is 5.25 Å². The first-order chi connectivity index (χ1) is 8.09. The van der Waals surface area contributed by atoms with Crippen molar-refractivity contribution in [1.82, 2.24) is 20.2 Å². The summed E-state index contributed by atoms with van der Waals surface area (Å²) in [6.07, 6.45) is 0. The molecule has 1 aromatic carbocycles. The van der Waals surface area contributed by atoms with Crippen LogP contribution in [0.15, 0.2) is 23.4 Å². The van der Waals surface area contributed by atoms with Crippen molar-refractivity contribution in [1.29, 1.82) is 0 Å². The molecule has 0 aliphatic carbocycles. The summed E-state index contributed by atoms with van der Waals surface area (Å²) < 4.78 is 1.83. The van der Waals surface area contributed by atoms with Crippen molar-refractivity contribution in [3.63, 3.8) is 0 Å². The molecule has 0 radical (unpaired) electrons. The zero-order chi connectivity index (χ0) is 12.4. The van der Waals surface area contributed by atoms with Gasteiger partial charge in [0.25, 0.3) is 0 Å². The predicted octanol–water partition coefficient (Wildman–Crippen LogP) is 2.78. The average Bonchev–Trinajstić information content (AvgIpc) is 2.65. The molecule has 0 saturated carbocycles. The van der Waals surface area contributed by atoms with E-state index < -0.39 is 0 Å². The van der Waals surface area contributed by atoms with E-state index in [4.69, 9.17) is 0 Å². The Labute approximate surface area is 105 Å². The minimum Gasteiger partial charge on any atom is -0.187 e. The van der Waals surface area contributed by atoms with Crippen LogP contribution >= 0.6 is 11.8 Å². The number of aryl methyl sites for hydroxylation is 2. The molecule has 90 valence electrons. The summed E-state index contributed by atoms with van der Waals surface area (Å²) in [6, 6.07) is 6.20.